The predicted octanol–water partition coefficient (Wildman–Crippen LogP) is 3.70. The molecule has 2 aromatic rings. The number of benzene rings is 1. The number of nitrogens with zero attached hydrogens (tertiary/aromatic N) is 2. The highest BCUT2D eigenvalue weighted by molar-refractivity contribution is 9.10. The van der Waals surface area contributed by atoms with E-state index in [9.17, 15) is 0 Å². The van der Waals surface area contributed by atoms with Gasteiger partial charge in [0.1, 0.15) is 0 Å². The highest BCUT2D eigenvalue weighted by Crippen LogP contribution is 2.23. The Balaban J connectivity index is 2.09. The van der Waals surface area contributed by atoms with Crippen molar-refractivity contribution in [1.29, 1.82) is 0 Å². The van der Waals surface area contributed by atoms with Crippen LogP contribution >= 0.6 is 15.9 Å². The summed E-state index contributed by atoms with van der Waals surface area (Å²) in [6.07, 6.45) is 1.08. The molecule has 0 aliphatic rings. The Hall–Kier alpha value is -1.20. The summed E-state index contributed by atoms with van der Waals surface area (Å²) in [5.41, 5.74) is 2.14. The topological polar surface area (TPSA) is 51.0 Å². The van der Waals surface area contributed by atoms with Gasteiger partial charge in [-0.1, -0.05) is 40.1 Å². The number of nitrogens with one attached hydrogen (secondary N) is 1. The number of aromatic nitrogens is 2. The second kappa shape index (κ2) is 6.30. The van der Waals surface area contributed by atoms with Crippen LogP contribution in [0.3, 0.4) is 0 Å². The maximum atomic E-state index is 5.25. The van der Waals surface area contributed by atoms with E-state index < -0.39 is 0 Å². The van der Waals surface area contributed by atoms with Crippen LogP contribution in [0.4, 0.5) is 0 Å². The molecule has 1 unspecified atom stereocenters. The Morgan fingerprint density at radius 1 is 1.42 bits per heavy atom. The fraction of sp³-hybridized carbons (Fsp3) is 0.429. The van der Waals surface area contributed by atoms with Crippen LogP contribution in [-0.4, -0.2) is 16.2 Å². The lowest BCUT2D eigenvalue weighted by Crippen LogP contribution is -2.24. The van der Waals surface area contributed by atoms with Gasteiger partial charge in [-0.25, -0.2) is 0 Å². The summed E-state index contributed by atoms with van der Waals surface area (Å²) in [5, 5.41) is 7.34. The van der Waals surface area contributed by atoms with Crippen molar-refractivity contribution in [3.63, 3.8) is 0 Å². The van der Waals surface area contributed by atoms with E-state index >= 15 is 0 Å². The summed E-state index contributed by atoms with van der Waals surface area (Å²) >= 11 is 3.51. The largest absolute Gasteiger partial charge is 0.338 e. The lowest BCUT2D eigenvalue weighted by molar-refractivity contribution is 0.358. The standard InChI is InChI=1S/C14H18BrN3O/c1-4-10(3)16-8-13-17-14(18-19-13)11-6-5-9(2)12(15)7-11/h5-7,10,16H,4,8H2,1-3H3. The van der Waals surface area contributed by atoms with Gasteiger partial charge in [-0.2, -0.15) is 4.98 Å². The first kappa shape index (κ1) is 14.2. The van der Waals surface area contributed by atoms with Crippen LogP contribution in [0.15, 0.2) is 27.2 Å². The van der Waals surface area contributed by atoms with E-state index in [4.69, 9.17) is 4.52 Å². The minimum atomic E-state index is 0.448. The Labute approximate surface area is 121 Å². The van der Waals surface area contributed by atoms with Crippen LogP contribution in [0.25, 0.3) is 11.4 Å². The van der Waals surface area contributed by atoms with E-state index in [2.05, 4.69) is 45.2 Å². The predicted molar refractivity (Wildman–Crippen MR) is 78.8 cm³/mol. The number of hydrogen-bond donors (Lipinski definition) is 1. The van der Waals surface area contributed by atoms with Gasteiger partial charge in [0.05, 0.1) is 6.54 Å². The first-order valence-electron chi connectivity index (χ1n) is 6.42. The molecule has 0 amide bonds. The molecular formula is C14H18BrN3O. The lowest BCUT2D eigenvalue weighted by Gasteiger charge is -2.07. The van der Waals surface area contributed by atoms with E-state index in [1.54, 1.807) is 0 Å². The molecule has 19 heavy (non-hydrogen) atoms. The van der Waals surface area contributed by atoms with Crippen LogP contribution in [0, 0.1) is 6.92 Å². The van der Waals surface area contributed by atoms with Crippen LogP contribution in [0.1, 0.15) is 31.7 Å². The van der Waals surface area contributed by atoms with E-state index in [-0.39, 0.29) is 0 Å². The minimum Gasteiger partial charge on any atom is -0.338 e. The second-order valence-corrected chi connectivity index (χ2v) is 5.52. The molecule has 4 nitrogen and oxygen atoms in total. The van der Waals surface area contributed by atoms with E-state index in [1.165, 1.54) is 5.56 Å². The highest BCUT2D eigenvalue weighted by Gasteiger charge is 2.10. The van der Waals surface area contributed by atoms with Gasteiger partial charge in [0.15, 0.2) is 0 Å². The van der Waals surface area contributed by atoms with Crippen LogP contribution < -0.4 is 5.32 Å². The fourth-order valence-electron chi connectivity index (χ4n) is 1.58. The normalized spacial score (nSPS) is 12.6. The Morgan fingerprint density at radius 3 is 2.89 bits per heavy atom. The molecule has 5 heteroatoms. The SMILES string of the molecule is CCC(C)NCc1nc(-c2ccc(C)c(Br)c2)no1. The molecule has 2 rings (SSSR count). The van der Waals surface area contributed by atoms with Gasteiger partial charge < -0.3 is 9.84 Å². The first-order valence-corrected chi connectivity index (χ1v) is 7.22. The highest BCUT2D eigenvalue weighted by atomic mass is 79.9. The van der Waals surface area contributed by atoms with Crippen molar-refractivity contribution < 1.29 is 4.52 Å². The zero-order chi connectivity index (χ0) is 13.8. The molecule has 0 spiro atoms. The monoisotopic (exact) mass is 323 g/mol. The Morgan fingerprint density at radius 2 is 2.21 bits per heavy atom. The summed E-state index contributed by atoms with van der Waals surface area (Å²) in [5.74, 6) is 1.24. The summed E-state index contributed by atoms with van der Waals surface area (Å²) in [7, 11) is 0. The lowest BCUT2D eigenvalue weighted by atomic mass is 10.1. The molecule has 0 aliphatic carbocycles. The molecule has 1 heterocycles. The summed E-state index contributed by atoms with van der Waals surface area (Å²) in [6, 6.07) is 6.49. The van der Waals surface area contributed by atoms with Crippen LogP contribution in [-0.2, 0) is 6.54 Å². The van der Waals surface area contributed by atoms with Gasteiger partial charge in [0, 0.05) is 16.1 Å². The van der Waals surface area contributed by atoms with Crippen molar-refractivity contribution in [1.82, 2.24) is 15.5 Å². The van der Waals surface area contributed by atoms with Crippen LogP contribution in [0.5, 0.6) is 0 Å². The quantitative estimate of drug-likeness (QED) is 0.911. The van der Waals surface area contributed by atoms with Crippen molar-refractivity contribution in [2.75, 3.05) is 0 Å². The summed E-state index contributed by atoms with van der Waals surface area (Å²) in [4.78, 5) is 4.40. The van der Waals surface area contributed by atoms with Crippen LogP contribution in [0.2, 0.25) is 0 Å². The molecule has 0 saturated heterocycles. The molecule has 1 aromatic heterocycles. The molecule has 0 fully saturated rings. The maximum Gasteiger partial charge on any atom is 0.240 e. The number of hydrogen-bond acceptors (Lipinski definition) is 4. The second-order valence-electron chi connectivity index (χ2n) is 4.67. The third kappa shape index (κ3) is 3.64. The van der Waals surface area contributed by atoms with Crippen molar-refractivity contribution >= 4 is 15.9 Å². The zero-order valence-electron chi connectivity index (χ0n) is 11.4. The summed E-state index contributed by atoms with van der Waals surface area (Å²) in [6.45, 7) is 6.93. The van der Waals surface area contributed by atoms with Crippen molar-refractivity contribution in [3.8, 4) is 11.4 Å². The number of halogens is 1. The maximum absolute atomic E-state index is 5.25. The minimum absolute atomic E-state index is 0.448. The van der Waals surface area contributed by atoms with Crippen molar-refractivity contribution in [3.05, 3.63) is 34.1 Å². The molecule has 1 aromatic carbocycles. The molecule has 102 valence electrons. The average Bonchev–Trinajstić information content (AvgIpc) is 2.88. The van der Waals surface area contributed by atoms with Gasteiger partial charge in [-0.3, -0.25) is 0 Å². The van der Waals surface area contributed by atoms with Gasteiger partial charge in [-0.05, 0) is 31.9 Å². The Bertz CT molecular complexity index is 553. The third-order valence-electron chi connectivity index (χ3n) is 3.11. The van der Waals surface area contributed by atoms with E-state index in [1.807, 2.05) is 25.1 Å². The molecule has 0 saturated carbocycles. The van der Waals surface area contributed by atoms with E-state index in [0.29, 0.717) is 24.3 Å². The molecule has 1 atom stereocenters. The zero-order valence-corrected chi connectivity index (χ0v) is 13.0. The first-order chi connectivity index (χ1) is 9.10. The van der Waals surface area contributed by atoms with Gasteiger partial charge in [-0.15, -0.1) is 0 Å². The van der Waals surface area contributed by atoms with Gasteiger partial charge in [0.2, 0.25) is 11.7 Å². The molecule has 1 N–H and O–H groups in total. The molecule has 0 aliphatic heterocycles. The van der Waals surface area contributed by atoms with Gasteiger partial charge >= 0.3 is 0 Å². The fourth-order valence-corrected chi connectivity index (χ4v) is 1.96. The molecule has 0 radical (unpaired) electrons. The average molecular weight is 324 g/mol. The number of rotatable bonds is 5. The van der Waals surface area contributed by atoms with Crippen molar-refractivity contribution in [2.24, 2.45) is 0 Å². The molecule has 0 bridgehead atoms. The molecular weight excluding hydrogens is 306 g/mol. The van der Waals surface area contributed by atoms with Crippen molar-refractivity contribution in [2.45, 2.75) is 39.8 Å². The Kier molecular flexibility index (Phi) is 4.71. The smallest absolute Gasteiger partial charge is 0.240 e. The van der Waals surface area contributed by atoms with E-state index in [0.717, 1.165) is 16.5 Å². The number of aryl methyl sites for hydroxylation is 1. The van der Waals surface area contributed by atoms with Gasteiger partial charge in [0.25, 0.3) is 0 Å². The third-order valence-corrected chi connectivity index (χ3v) is 3.97. The summed E-state index contributed by atoms with van der Waals surface area (Å²) < 4.78 is 6.30.